The minimum Gasteiger partial charge on any atom is -0.497 e. The van der Waals surface area contributed by atoms with E-state index in [9.17, 15) is 33.6 Å². The lowest BCUT2D eigenvalue weighted by Crippen LogP contribution is -2.45. The largest absolute Gasteiger partial charge is 0.497 e. The highest BCUT2D eigenvalue weighted by molar-refractivity contribution is 6.15. The number of unbranched alkanes of at least 4 members (excludes halogenated alkanes) is 2. The molecule has 0 spiro atoms. The average molecular weight is 1210 g/mol. The second-order valence-electron chi connectivity index (χ2n) is 22.4. The Morgan fingerprint density at radius 1 is 0.652 bits per heavy atom. The highest BCUT2D eigenvalue weighted by Crippen LogP contribution is 2.42. The van der Waals surface area contributed by atoms with Crippen LogP contribution in [-0.4, -0.2) is 128 Å². The van der Waals surface area contributed by atoms with Crippen LogP contribution in [0.15, 0.2) is 131 Å². The molecule has 21 nitrogen and oxygen atoms in total. The number of rotatable bonds is 26. The van der Waals surface area contributed by atoms with Gasteiger partial charge in [0.1, 0.15) is 11.5 Å². The number of imide groups is 1. The summed E-state index contributed by atoms with van der Waals surface area (Å²) in [5.41, 5.74) is 6.37. The van der Waals surface area contributed by atoms with E-state index in [2.05, 4.69) is 15.5 Å². The Bertz CT molecular complexity index is 3790. The van der Waals surface area contributed by atoms with E-state index in [1.54, 1.807) is 96.9 Å². The number of ketones is 1. The molecule has 0 aliphatic carbocycles. The van der Waals surface area contributed by atoms with Gasteiger partial charge in [-0.3, -0.25) is 48.4 Å². The summed E-state index contributed by atoms with van der Waals surface area (Å²) in [7, 11) is 4.65. The number of carbonyl (C=O) groups is 7. The fraction of sp³-hybridized carbons (Fsp3) is 0.324. The SMILES string of the molecule is [C-]#[N+]c1ccc(OC2=CC(=O)N(CCCCCC(=O)N[C@@H](C(=O)C[C@H](C)C(=O)Nc3ccc(C4=CN5C(=O)c6cc(OC)c(OCCCOc7cc8c(cc7OC)C(=O)N7C=C(c9ccc(OC)cc9)C[C@H]7C=N8)cc6N=C[C@@H]5C4)cc3)C(C)C)C2=O)cc1. The number of anilines is 1. The number of hydrogen-bond donors (Lipinski definition) is 2. The topological polar surface area (TPSA) is 238 Å². The molecular formula is C68H68N8O13. The summed E-state index contributed by atoms with van der Waals surface area (Å²) in [4.78, 5) is 111. The summed E-state index contributed by atoms with van der Waals surface area (Å²) < 4.78 is 34.6. The number of Topliss-reactive ketones (excluding diaryl/α,β-unsaturated/α-hetero) is 1. The van der Waals surface area contributed by atoms with Gasteiger partial charge < -0.3 is 48.9 Å². The van der Waals surface area contributed by atoms with Crippen LogP contribution in [0.5, 0.6) is 34.5 Å². The lowest BCUT2D eigenvalue weighted by Gasteiger charge is -2.23. The van der Waals surface area contributed by atoms with E-state index in [0.29, 0.717) is 101 Å². The molecule has 5 heterocycles. The lowest BCUT2D eigenvalue weighted by molar-refractivity contribution is -0.138. The molecule has 89 heavy (non-hydrogen) atoms. The van der Waals surface area contributed by atoms with Crippen molar-refractivity contribution in [3.63, 3.8) is 0 Å². The molecule has 0 bridgehead atoms. The Kier molecular flexibility index (Phi) is 19.1. The fourth-order valence-electron chi connectivity index (χ4n) is 11.0. The van der Waals surface area contributed by atoms with E-state index >= 15 is 0 Å². The van der Waals surface area contributed by atoms with Crippen molar-refractivity contribution in [1.29, 1.82) is 0 Å². The number of benzene rings is 5. The molecule has 10 rings (SSSR count). The predicted molar refractivity (Wildman–Crippen MR) is 333 cm³/mol. The second kappa shape index (κ2) is 27.6. The Morgan fingerprint density at radius 2 is 1.20 bits per heavy atom. The maximum absolute atomic E-state index is 14.2. The third-order valence-corrected chi connectivity index (χ3v) is 16.0. The standard InChI is InChI=1S/C68H68N8O13/c1-40(2)64(73-62(78)12-9-8-10-25-74-63(79)35-61(68(74)83)89-51-23-19-46(69-4)20-24-51)56(77)28-41(3)65(80)72-47-17-13-42(14-18-47)44-29-48-36-70-54-33-59(57(85-6)31-52(54)66(81)75(48)38-44)87-26-11-27-88-60-34-55-53(32-58(60)86-7)67(82)76-39-45(30-49(76)37-71-55)43-15-21-50(84-5)22-16-43/h13-24,31-41,48-49,64H,8-12,25-30H2,1-3,5-7H3,(H,72,80)(H,73,78)/t41-,48-,49-,64+/m0/s1. The van der Waals surface area contributed by atoms with Gasteiger partial charge in [-0.15, -0.1) is 0 Å². The van der Waals surface area contributed by atoms with Gasteiger partial charge in [0.15, 0.2) is 40.2 Å². The van der Waals surface area contributed by atoms with Gasteiger partial charge in [0.25, 0.3) is 23.6 Å². The normalized spacial score (nSPS) is 17.0. The van der Waals surface area contributed by atoms with Gasteiger partial charge >= 0.3 is 0 Å². The fourth-order valence-corrected chi connectivity index (χ4v) is 11.0. The predicted octanol–water partition coefficient (Wildman–Crippen LogP) is 10.6. The first-order valence-corrected chi connectivity index (χ1v) is 29.5. The van der Waals surface area contributed by atoms with Crippen LogP contribution in [0, 0.1) is 18.4 Å². The highest BCUT2D eigenvalue weighted by Gasteiger charge is 2.37. The van der Waals surface area contributed by atoms with Crippen LogP contribution in [0.1, 0.15) is 104 Å². The number of ether oxygens (including phenoxy) is 6. The van der Waals surface area contributed by atoms with E-state index in [0.717, 1.165) is 39.0 Å². The molecule has 2 N–H and O–H groups in total. The van der Waals surface area contributed by atoms with E-state index in [1.807, 2.05) is 62.6 Å². The van der Waals surface area contributed by atoms with E-state index < -0.39 is 23.8 Å². The van der Waals surface area contributed by atoms with Crippen LogP contribution >= 0.6 is 0 Å². The summed E-state index contributed by atoms with van der Waals surface area (Å²) >= 11 is 0. The van der Waals surface area contributed by atoms with Crippen molar-refractivity contribution in [1.82, 2.24) is 20.0 Å². The van der Waals surface area contributed by atoms with Crippen molar-refractivity contribution in [3.05, 3.63) is 155 Å². The Hall–Kier alpha value is -10.4. The van der Waals surface area contributed by atoms with Gasteiger partial charge in [-0.2, -0.15) is 0 Å². The Morgan fingerprint density at radius 3 is 1.73 bits per heavy atom. The van der Waals surface area contributed by atoms with Gasteiger partial charge in [-0.1, -0.05) is 63.6 Å². The van der Waals surface area contributed by atoms with Crippen molar-refractivity contribution >= 4 is 87.6 Å². The third-order valence-electron chi connectivity index (χ3n) is 16.0. The van der Waals surface area contributed by atoms with Crippen LogP contribution in [0.3, 0.4) is 0 Å². The van der Waals surface area contributed by atoms with E-state index in [4.69, 9.17) is 45.0 Å². The Labute approximate surface area is 515 Å². The van der Waals surface area contributed by atoms with E-state index in [-0.39, 0.29) is 85.8 Å². The maximum atomic E-state index is 14.2. The molecule has 5 aliphatic heterocycles. The number of aliphatic imine (C=N–C) groups is 2. The zero-order chi connectivity index (χ0) is 62.9. The molecule has 0 unspecified atom stereocenters. The van der Waals surface area contributed by atoms with Gasteiger partial charge in [0.05, 0.1) is 87.8 Å². The molecule has 21 heteroatoms. The highest BCUT2D eigenvalue weighted by atomic mass is 16.5. The molecular weight excluding hydrogens is 1140 g/mol. The van der Waals surface area contributed by atoms with Crippen LogP contribution in [0.2, 0.25) is 0 Å². The smallest absolute Gasteiger partial charge is 0.296 e. The monoisotopic (exact) mass is 1200 g/mol. The number of carbonyl (C=O) groups excluding carboxylic acids is 7. The average Bonchev–Trinajstić information content (AvgIpc) is 1.83. The Balaban J connectivity index is 0.659. The molecule has 5 aliphatic rings. The third kappa shape index (κ3) is 14.1. The minimum absolute atomic E-state index is 0.0980. The van der Waals surface area contributed by atoms with Crippen molar-refractivity contribution in [3.8, 4) is 34.5 Å². The maximum Gasteiger partial charge on any atom is 0.296 e. The summed E-state index contributed by atoms with van der Waals surface area (Å²) in [6, 6.07) is 26.5. The first kappa shape index (κ1) is 61.7. The lowest BCUT2D eigenvalue weighted by atomic mass is 9.92. The summed E-state index contributed by atoms with van der Waals surface area (Å²) in [5.74, 6) is -0.809. The van der Waals surface area contributed by atoms with Crippen molar-refractivity contribution in [2.45, 2.75) is 90.3 Å². The number of methoxy groups -OCH3 is 3. The number of amides is 6. The van der Waals surface area contributed by atoms with Crippen molar-refractivity contribution in [2.24, 2.45) is 21.8 Å². The molecule has 5 aromatic rings. The quantitative estimate of drug-likeness (QED) is 0.0298. The molecule has 6 amide bonds. The minimum atomic E-state index is -0.805. The van der Waals surface area contributed by atoms with Gasteiger partial charge in [0.2, 0.25) is 11.8 Å². The molecule has 4 atom stereocenters. The first-order valence-electron chi connectivity index (χ1n) is 29.5. The number of hydrogen-bond acceptors (Lipinski definition) is 15. The van der Waals surface area contributed by atoms with E-state index in [1.165, 1.54) is 14.2 Å². The first-order chi connectivity index (χ1) is 43.0. The zero-order valence-corrected chi connectivity index (χ0v) is 50.3. The number of fused-ring (bicyclic) bond motifs is 4. The molecule has 0 saturated heterocycles. The zero-order valence-electron chi connectivity index (χ0n) is 50.3. The van der Waals surface area contributed by atoms with Gasteiger partial charge in [0, 0.05) is 87.2 Å². The summed E-state index contributed by atoms with van der Waals surface area (Å²) in [6.07, 6.45) is 11.4. The summed E-state index contributed by atoms with van der Waals surface area (Å²) in [5, 5.41) is 5.75. The van der Waals surface area contributed by atoms with Crippen LogP contribution in [-0.2, 0) is 24.0 Å². The molecule has 0 fully saturated rings. The molecule has 458 valence electrons. The van der Waals surface area contributed by atoms with Crippen molar-refractivity contribution in [2.75, 3.05) is 46.4 Å². The van der Waals surface area contributed by atoms with Gasteiger partial charge in [-0.05, 0) is 89.6 Å². The molecule has 5 aromatic carbocycles. The summed E-state index contributed by atoms with van der Waals surface area (Å²) in [6.45, 7) is 13.0. The van der Waals surface area contributed by atoms with Gasteiger partial charge in [-0.25, -0.2) is 4.85 Å². The number of nitrogens with zero attached hydrogens (tertiary/aromatic N) is 6. The second-order valence-corrected chi connectivity index (χ2v) is 22.4. The van der Waals surface area contributed by atoms with Crippen molar-refractivity contribution < 1.29 is 62.0 Å². The molecule has 0 aromatic heterocycles. The van der Waals surface area contributed by atoms with Crippen LogP contribution in [0.25, 0.3) is 16.0 Å². The molecule has 0 radical (unpaired) electrons. The van der Waals surface area contributed by atoms with Crippen LogP contribution in [0.4, 0.5) is 22.7 Å². The van der Waals surface area contributed by atoms with Crippen LogP contribution < -0.4 is 39.1 Å². The number of nitrogens with one attached hydrogen (secondary N) is 2. The molecule has 0 saturated carbocycles.